The minimum Gasteiger partial charge on any atom is -0.310 e. The molecule has 1 N–H and O–H groups in total. The normalized spacial score (nSPS) is 35.2. The highest BCUT2D eigenvalue weighted by molar-refractivity contribution is 5.33. The van der Waals surface area contributed by atoms with E-state index in [-0.39, 0.29) is 0 Å². The molecule has 0 aromatic heterocycles. The van der Waals surface area contributed by atoms with Crippen molar-refractivity contribution in [3.05, 3.63) is 23.3 Å². The Balaban J connectivity index is 2.17. The highest BCUT2D eigenvalue weighted by Crippen LogP contribution is 2.28. The number of nitrogens with one attached hydrogen (secondary N) is 1. The molecule has 0 saturated heterocycles. The van der Waals surface area contributed by atoms with Gasteiger partial charge in [-0.25, -0.2) is 0 Å². The van der Waals surface area contributed by atoms with E-state index >= 15 is 0 Å². The maximum Gasteiger partial charge on any atom is 0.0173 e. The summed E-state index contributed by atoms with van der Waals surface area (Å²) in [5.41, 5.74) is 3.24. The fourth-order valence-electron chi connectivity index (χ4n) is 2.08. The first-order valence-electron chi connectivity index (χ1n) is 4.88. The molecule has 66 valence electrons. The van der Waals surface area contributed by atoms with Crippen LogP contribution in [0.3, 0.4) is 0 Å². The smallest absolute Gasteiger partial charge is 0.0173 e. The van der Waals surface area contributed by atoms with Gasteiger partial charge in [-0.2, -0.15) is 0 Å². The molecule has 12 heavy (non-hydrogen) atoms. The van der Waals surface area contributed by atoms with Gasteiger partial charge in [-0.3, -0.25) is 0 Å². The zero-order valence-corrected chi connectivity index (χ0v) is 7.93. The summed E-state index contributed by atoms with van der Waals surface area (Å²) < 4.78 is 0. The van der Waals surface area contributed by atoms with Crippen LogP contribution in [-0.2, 0) is 0 Å². The highest BCUT2D eigenvalue weighted by atomic mass is 14.9. The largest absolute Gasteiger partial charge is 0.310 e. The van der Waals surface area contributed by atoms with Crippen molar-refractivity contribution in [2.45, 2.75) is 32.7 Å². The van der Waals surface area contributed by atoms with Gasteiger partial charge in [0, 0.05) is 12.6 Å². The standard InChI is InChI=1S/C11H17N/c1-8-3-4-10-6-9(2)12-7-11(10)5-8/h3-4,8-9,12H,5-7H2,1-2H3/t8?,9-/m0/s1. The van der Waals surface area contributed by atoms with Crippen molar-refractivity contribution in [3.63, 3.8) is 0 Å². The van der Waals surface area contributed by atoms with E-state index in [1.165, 1.54) is 12.8 Å². The quantitative estimate of drug-likeness (QED) is 0.577. The zero-order valence-electron chi connectivity index (χ0n) is 7.93. The Kier molecular flexibility index (Phi) is 2.05. The fraction of sp³-hybridized carbons (Fsp3) is 0.636. The predicted molar refractivity (Wildman–Crippen MR) is 52.0 cm³/mol. The van der Waals surface area contributed by atoms with Crippen LogP contribution in [0.4, 0.5) is 0 Å². The van der Waals surface area contributed by atoms with Gasteiger partial charge in [0.1, 0.15) is 0 Å². The van der Waals surface area contributed by atoms with Gasteiger partial charge in [0.15, 0.2) is 0 Å². The molecule has 1 nitrogen and oxygen atoms in total. The van der Waals surface area contributed by atoms with Crippen LogP contribution in [-0.4, -0.2) is 12.6 Å². The maximum absolute atomic E-state index is 3.51. The molecule has 0 radical (unpaired) electrons. The summed E-state index contributed by atoms with van der Waals surface area (Å²) in [5, 5.41) is 3.51. The second-order valence-electron chi connectivity index (χ2n) is 4.16. The summed E-state index contributed by atoms with van der Waals surface area (Å²) in [6.07, 6.45) is 7.17. The van der Waals surface area contributed by atoms with E-state index in [0.717, 1.165) is 12.5 Å². The van der Waals surface area contributed by atoms with Gasteiger partial charge in [-0.15, -0.1) is 0 Å². The molecule has 2 atom stereocenters. The summed E-state index contributed by atoms with van der Waals surface area (Å²) in [7, 11) is 0. The Morgan fingerprint density at radius 1 is 1.33 bits per heavy atom. The first kappa shape index (κ1) is 8.06. The van der Waals surface area contributed by atoms with Gasteiger partial charge in [0.05, 0.1) is 0 Å². The molecule has 0 fully saturated rings. The molecule has 0 saturated carbocycles. The first-order valence-corrected chi connectivity index (χ1v) is 4.88. The van der Waals surface area contributed by atoms with E-state index in [1.807, 2.05) is 0 Å². The number of rotatable bonds is 0. The third-order valence-electron chi connectivity index (χ3n) is 2.84. The number of allylic oxidation sites excluding steroid dienone is 2. The summed E-state index contributed by atoms with van der Waals surface area (Å²) in [5.74, 6) is 0.749. The van der Waals surface area contributed by atoms with Crippen LogP contribution in [0.2, 0.25) is 0 Å². The Morgan fingerprint density at radius 2 is 2.17 bits per heavy atom. The lowest BCUT2D eigenvalue weighted by molar-refractivity contribution is 0.516. The van der Waals surface area contributed by atoms with Crippen molar-refractivity contribution < 1.29 is 0 Å². The Hall–Kier alpha value is -0.560. The molecule has 0 aromatic carbocycles. The Morgan fingerprint density at radius 3 is 3.00 bits per heavy atom. The summed E-state index contributed by atoms with van der Waals surface area (Å²) in [6.45, 7) is 5.67. The first-order chi connectivity index (χ1) is 5.75. The van der Waals surface area contributed by atoms with Crippen molar-refractivity contribution in [3.8, 4) is 0 Å². The van der Waals surface area contributed by atoms with Crippen molar-refractivity contribution in [2.75, 3.05) is 6.54 Å². The summed E-state index contributed by atoms with van der Waals surface area (Å²) in [6, 6.07) is 0.668. The molecule has 0 amide bonds. The molecular formula is C11H17N. The predicted octanol–water partition coefficient (Wildman–Crippen LogP) is 2.26. The molecule has 1 heteroatoms. The van der Waals surface area contributed by atoms with Gasteiger partial charge in [0.25, 0.3) is 0 Å². The minimum atomic E-state index is 0.668. The Bertz CT molecular complexity index is 237. The molecule has 0 bridgehead atoms. The van der Waals surface area contributed by atoms with E-state index < -0.39 is 0 Å². The topological polar surface area (TPSA) is 12.0 Å². The lowest BCUT2D eigenvalue weighted by Crippen LogP contribution is -2.34. The van der Waals surface area contributed by atoms with Gasteiger partial charge >= 0.3 is 0 Å². The van der Waals surface area contributed by atoms with Crippen LogP contribution in [0, 0.1) is 5.92 Å². The fourth-order valence-corrected chi connectivity index (χ4v) is 2.08. The van der Waals surface area contributed by atoms with Crippen LogP contribution < -0.4 is 5.32 Å². The van der Waals surface area contributed by atoms with Crippen LogP contribution in [0.1, 0.15) is 26.7 Å². The lowest BCUT2D eigenvalue weighted by atomic mass is 9.86. The molecule has 1 unspecified atom stereocenters. The van der Waals surface area contributed by atoms with Gasteiger partial charge in [-0.1, -0.05) is 24.6 Å². The average molecular weight is 163 g/mol. The highest BCUT2D eigenvalue weighted by Gasteiger charge is 2.19. The van der Waals surface area contributed by atoms with E-state index in [2.05, 4.69) is 31.3 Å². The van der Waals surface area contributed by atoms with E-state index in [1.54, 1.807) is 11.1 Å². The van der Waals surface area contributed by atoms with Crippen LogP contribution in [0.15, 0.2) is 23.3 Å². The van der Waals surface area contributed by atoms with Crippen LogP contribution in [0.25, 0.3) is 0 Å². The van der Waals surface area contributed by atoms with Crippen LogP contribution in [0.5, 0.6) is 0 Å². The zero-order chi connectivity index (χ0) is 8.55. The number of hydrogen-bond acceptors (Lipinski definition) is 1. The molecule has 0 spiro atoms. The van der Waals surface area contributed by atoms with Gasteiger partial charge in [-0.05, 0) is 31.3 Å². The minimum absolute atomic E-state index is 0.668. The average Bonchev–Trinajstić information content (AvgIpc) is 2.05. The third kappa shape index (κ3) is 1.46. The SMILES string of the molecule is CC1C=CC2=C(CN[C@@H](C)C2)C1. The van der Waals surface area contributed by atoms with E-state index in [0.29, 0.717) is 6.04 Å². The van der Waals surface area contributed by atoms with E-state index in [9.17, 15) is 0 Å². The summed E-state index contributed by atoms with van der Waals surface area (Å²) in [4.78, 5) is 0. The molecule has 1 heterocycles. The van der Waals surface area contributed by atoms with Gasteiger partial charge < -0.3 is 5.32 Å². The summed E-state index contributed by atoms with van der Waals surface area (Å²) >= 11 is 0. The van der Waals surface area contributed by atoms with Crippen molar-refractivity contribution in [1.29, 1.82) is 0 Å². The molecule has 1 aliphatic heterocycles. The lowest BCUT2D eigenvalue weighted by Gasteiger charge is -2.28. The van der Waals surface area contributed by atoms with Gasteiger partial charge in [0.2, 0.25) is 0 Å². The molecule has 1 aliphatic carbocycles. The molecule has 2 aliphatic rings. The third-order valence-corrected chi connectivity index (χ3v) is 2.84. The molecule has 0 aromatic rings. The van der Waals surface area contributed by atoms with Crippen molar-refractivity contribution in [2.24, 2.45) is 5.92 Å². The maximum atomic E-state index is 3.51. The Labute approximate surface area is 74.5 Å². The molecule has 2 rings (SSSR count). The second-order valence-corrected chi connectivity index (χ2v) is 4.16. The molecular weight excluding hydrogens is 146 g/mol. The van der Waals surface area contributed by atoms with Crippen molar-refractivity contribution >= 4 is 0 Å². The number of hydrogen-bond donors (Lipinski definition) is 1. The van der Waals surface area contributed by atoms with E-state index in [4.69, 9.17) is 0 Å². The van der Waals surface area contributed by atoms with Crippen molar-refractivity contribution in [1.82, 2.24) is 5.32 Å². The second kappa shape index (κ2) is 3.06. The van der Waals surface area contributed by atoms with Crippen LogP contribution >= 0.6 is 0 Å². The monoisotopic (exact) mass is 163 g/mol.